The maximum atomic E-state index is 11.0. The molecule has 1 N–H and O–H groups in total. The van der Waals surface area contributed by atoms with Gasteiger partial charge in [-0.2, -0.15) is 0 Å². The molecule has 0 amide bonds. The van der Waals surface area contributed by atoms with Crippen LogP contribution < -0.4 is 0 Å². The van der Waals surface area contributed by atoms with Crippen molar-refractivity contribution in [1.82, 2.24) is 4.98 Å². The minimum Gasteiger partial charge on any atom is -0.475 e. The highest BCUT2D eigenvalue weighted by Crippen LogP contribution is 2.28. The summed E-state index contributed by atoms with van der Waals surface area (Å²) < 4.78 is 5.19. The molecule has 0 bridgehead atoms. The number of nitro groups is 1. The maximum absolute atomic E-state index is 11.0. The highest BCUT2D eigenvalue weighted by molar-refractivity contribution is 5.86. The quantitative estimate of drug-likeness (QED) is 0.679. The second kappa shape index (κ2) is 5.12. The lowest BCUT2D eigenvalue weighted by atomic mass is 10.1. The van der Waals surface area contributed by atoms with Gasteiger partial charge in [-0.3, -0.25) is 10.1 Å². The zero-order valence-electron chi connectivity index (χ0n) is 10.9. The first-order chi connectivity index (χ1) is 9.43. The number of carbonyl (C=O) groups is 1. The number of hydrogen-bond donors (Lipinski definition) is 1. The molecule has 104 valence electrons. The normalized spacial score (nSPS) is 10.5. The number of nitrogens with zero attached hydrogens (tertiary/aromatic N) is 2. The third-order valence-electron chi connectivity index (χ3n) is 2.88. The molecule has 0 fully saturated rings. The molecule has 0 aliphatic carbocycles. The maximum Gasteiger partial charge on any atom is 0.373 e. The molecule has 2 aromatic rings. The van der Waals surface area contributed by atoms with Gasteiger partial charge in [0, 0.05) is 17.2 Å². The predicted molar refractivity (Wildman–Crippen MR) is 69.7 cm³/mol. The molecule has 1 heterocycles. The van der Waals surface area contributed by atoms with Crippen LogP contribution in [0.1, 0.15) is 28.7 Å². The minimum absolute atomic E-state index is 0.0596. The van der Waals surface area contributed by atoms with Crippen molar-refractivity contribution < 1.29 is 19.2 Å². The van der Waals surface area contributed by atoms with Crippen LogP contribution in [0.5, 0.6) is 0 Å². The number of nitro benzene ring substituents is 1. The summed E-state index contributed by atoms with van der Waals surface area (Å²) in [4.78, 5) is 25.5. The molecular formula is C13H12N2O5. The molecule has 0 aliphatic rings. The van der Waals surface area contributed by atoms with Gasteiger partial charge in [0.15, 0.2) is 0 Å². The summed E-state index contributed by atoms with van der Waals surface area (Å²) in [6.07, 6.45) is 0.402. The Kier molecular flexibility index (Phi) is 3.51. The van der Waals surface area contributed by atoms with Crippen LogP contribution in [0.3, 0.4) is 0 Å². The van der Waals surface area contributed by atoms with Crippen molar-refractivity contribution in [3.05, 3.63) is 45.3 Å². The van der Waals surface area contributed by atoms with Gasteiger partial charge in [0.2, 0.25) is 11.7 Å². The Morgan fingerprint density at radius 1 is 1.50 bits per heavy atom. The SMILES string of the molecule is CCc1nc(-c2ccc(C)c([N+](=O)[O-])c2)oc1C(=O)O. The molecule has 1 aromatic heterocycles. The molecule has 0 radical (unpaired) electrons. The van der Waals surface area contributed by atoms with Crippen LogP contribution in [0.25, 0.3) is 11.5 Å². The monoisotopic (exact) mass is 276 g/mol. The van der Waals surface area contributed by atoms with Crippen LogP contribution in [0, 0.1) is 17.0 Å². The van der Waals surface area contributed by atoms with Crippen molar-refractivity contribution in [2.75, 3.05) is 0 Å². The van der Waals surface area contributed by atoms with Crippen LogP contribution >= 0.6 is 0 Å². The van der Waals surface area contributed by atoms with Crippen LogP contribution in [-0.2, 0) is 6.42 Å². The Bertz CT molecular complexity index is 690. The van der Waals surface area contributed by atoms with Gasteiger partial charge in [0.1, 0.15) is 0 Å². The minimum atomic E-state index is -1.21. The van der Waals surface area contributed by atoms with E-state index in [1.807, 2.05) is 0 Å². The number of aromatic carboxylic acids is 1. The fourth-order valence-electron chi connectivity index (χ4n) is 1.82. The second-order valence-electron chi connectivity index (χ2n) is 4.21. The second-order valence-corrected chi connectivity index (χ2v) is 4.21. The lowest BCUT2D eigenvalue weighted by Crippen LogP contribution is -1.98. The van der Waals surface area contributed by atoms with Gasteiger partial charge >= 0.3 is 5.97 Å². The largest absolute Gasteiger partial charge is 0.475 e. The van der Waals surface area contributed by atoms with E-state index in [9.17, 15) is 14.9 Å². The summed E-state index contributed by atoms with van der Waals surface area (Å²) in [6.45, 7) is 3.38. The molecule has 20 heavy (non-hydrogen) atoms. The van der Waals surface area contributed by atoms with E-state index in [0.717, 1.165) is 0 Å². The summed E-state index contributed by atoms with van der Waals surface area (Å²) in [5.41, 5.74) is 1.15. The van der Waals surface area contributed by atoms with Gasteiger partial charge in [-0.1, -0.05) is 13.0 Å². The standard InChI is InChI=1S/C13H12N2O5/c1-3-9-11(13(16)17)20-12(14-9)8-5-4-7(2)10(6-8)15(18)19/h4-6H,3H2,1-2H3,(H,16,17). The summed E-state index contributed by atoms with van der Waals surface area (Å²) in [7, 11) is 0. The highest BCUT2D eigenvalue weighted by atomic mass is 16.6. The van der Waals surface area contributed by atoms with Crippen LogP contribution in [-0.4, -0.2) is 21.0 Å². The third kappa shape index (κ3) is 2.37. The fourth-order valence-corrected chi connectivity index (χ4v) is 1.82. The highest BCUT2D eigenvalue weighted by Gasteiger charge is 2.20. The number of oxazole rings is 1. The number of aryl methyl sites for hydroxylation is 2. The average Bonchev–Trinajstić information content (AvgIpc) is 2.83. The van der Waals surface area contributed by atoms with Crippen LogP contribution in [0.4, 0.5) is 5.69 Å². The van der Waals surface area contributed by atoms with Gasteiger partial charge < -0.3 is 9.52 Å². The molecule has 0 aliphatic heterocycles. The van der Waals surface area contributed by atoms with Crippen molar-refractivity contribution in [3.63, 3.8) is 0 Å². The lowest BCUT2D eigenvalue weighted by Gasteiger charge is -1.99. The molecule has 0 atom stereocenters. The van der Waals surface area contributed by atoms with Crippen LogP contribution in [0.15, 0.2) is 22.6 Å². The van der Waals surface area contributed by atoms with Crippen molar-refractivity contribution in [1.29, 1.82) is 0 Å². The van der Waals surface area contributed by atoms with Crippen molar-refractivity contribution >= 4 is 11.7 Å². The van der Waals surface area contributed by atoms with E-state index in [1.165, 1.54) is 6.07 Å². The smallest absolute Gasteiger partial charge is 0.373 e. The van der Waals surface area contributed by atoms with E-state index < -0.39 is 10.9 Å². The Labute approximate surface area is 114 Å². The zero-order chi connectivity index (χ0) is 14.9. The number of carboxylic acids is 1. The Balaban J connectivity index is 2.54. The molecule has 1 aromatic carbocycles. The van der Waals surface area contributed by atoms with Gasteiger partial charge in [-0.05, 0) is 19.4 Å². The first-order valence-corrected chi connectivity index (χ1v) is 5.92. The summed E-state index contributed by atoms with van der Waals surface area (Å²) >= 11 is 0. The molecule has 0 unspecified atom stereocenters. The Morgan fingerprint density at radius 2 is 2.20 bits per heavy atom. The van der Waals surface area contributed by atoms with E-state index in [-0.39, 0.29) is 17.3 Å². The number of rotatable bonds is 4. The van der Waals surface area contributed by atoms with Gasteiger partial charge in [0.05, 0.1) is 10.6 Å². The van der Waals surface area contributed by atoms with E-state index in [2.05, 4.69) is 4.98 Å². The Morgan fingerprint density at radius 3 is 2.70 bits per heavy atom. The van der Waals surface area contributed by atoms with Crippen LogP contribution in [0.2, 0.25) is 0 Å². The molecule has 0 saturated heterocycles. The molecule has 2 rings (SSSR count). The van der Waals surface area contributed by atoms with Gasteiger partial charge in [-0.15, -0.1) is 0 Å². The van der Waals surface area contributed by atoms with Gasteiger partial charge in [-0.25, -0.2) is 9.78 Å². The van der Waals surface area contributed by atoms with E-state index in [0.29, 0.717) is 23.2 Å². The number of aromatic nitrogens is 1. The van der Waals surface area contributed by atoms with Crippen molar-refractivity contribution in [3.8, 4) is 11.5 Å². The molecule has 0 spiro atoms. The molecule has 0 saturated carbocycles. The lowest BCUT2D eigenvalue weighted by molar-refractivity contribution is -0.385. The fraction of sp³-hybridized carbons (Fsp3) is 0.231. The first kappa shape index (κ1) is 13.7. The number of benzene rings is 1. The number of hydrogen-bond acceptors (Lipinski definition) is 5. The van der Waals surface area contributed by atoms with E-state index in [1.54, 1.807) is 26.0 Å². The average molecular weight is 276 g/mol. The number of carboxylic acid groups (broad SMARTS) is 1. The molecule has 7 nitrogen and oxygen atoms in total. The van der Waals surface area contributed by atoms with E-state index in [4.69, 9.17) is 9.52 Å². The zero-order valence-corrected chi connectivity index (χ0v) is 10.9. The summed E-state index contributed by atoms with van der Waals surface area (Å²) in [5.74, 6) is -1.37. The Hall–Kier alpha value is -2.70. The third-order valence-corrected chi connectivity index (χ3v) is 2.88. The topological polar surface area (TPSA) is 106 Å². The summed E-state index contributed by atoms with van der Waals surface area (Å²) in [6, 6.07) is 4.51. The molecular weight excluding hydrogens is 264 g/mol. The van der Waals surface area contributed by atoms with Gasteiger partial charge in [0.25, 0.3) is 5.69 Å². The predicted octanol–water partition coefficient (Wildman–Crippen LogP) is 2.82. The van der Waals surface area contributed by atoms with E-state index >= 15 is 0 Å². The van der Waals surface area contributed by atoms with Crippen molar-refractivity contribution in [2.24, 2.45) is 0 Å². The first-order valence-electron chi connectivity index (χ1n) is 5.92. The molecule has 7 heteroatoms. The summed E-state index contributed by atoms with van der Waals surface area (Å²) in [5, 5.41) is 19.9. The van der Waals surface area contributed by atoms with Crippen molar-refractivity contribution in [2.45, 2.75) is 20.3 Å².